The van der Waals surface area contributed by atoms with Gasteiger partial charge in [0.15, 0.2) is 0 Å². The summed E-state index contributed by atoms with van der Waals surface area (Å²) in [4.78, 5) is 25.4. The van der Waals surface area contributed by atoms with Crippen LogP contribution in [0, 0.1) is 11.8 Å². The molecule has 3 heteroatoms. The van der Waals surface area contributed by atoms with E-state index >= 15 is 0 Å². The number of carbonyl (C=O) groups is 2. The van der Waals surface area contributed by atoms with E-state index in [1.54, 1.807) is 0 Å². The third-order valence-electron chi connectivity index (χ3n) is 3.69. The summed E-state index contributed by atoms with van der Waals surface area (Å²) in [6.45, 7) is 4.67. The number of carbonyl (C=O) groups excluding carboxylic acids is 2. The molecule has 0 aromatic rings. The Morgan fingerprint density at radius 3 is 2.40 bits per heavy atom. The summed E-state index contributed by atoms with van der Waals surface area (Å²) >= 11 is 0. The van der Waals surface area contributed by atoms with Crippen molar-refractivity contribution in [3.05, 3.63) is 0 Å². The summed E-state index contributed by atoms with van der Waals surface area (Å²) in [5.41, 5.74) is 0. The van der Waals surface area contributed by atoms with Crippen LogP contribution in [0.1, 0.15) is 39.5 Å². The maximum atomic E-state index is 12.0. The molecule has 0 radical (unpaired) electrons. The number of hydrogen-bond donors (Lipinski definition) is 0. The van der Waals surface area contributed by atoms with Gasteiger partial charge in [-0.25, -0.2) is 0 Å². The molecule has 2 aliphatic rings. The minimum absolute atomic E-state index is 0.00907. The number of amides is 1. The maximum absolute atomic E-state index is 12.0. The topological polar surface area (TPSA) is 37.4 Å². The summed E-state index contributed by atoms with van der Waals surface area (Å²) < 4.78 is 0. The Morgan fingerprint density at radius 2 is 2.00 bits per heavy atom. The minimum atomic E-state index is -0.00907. The first-order valence-corrected chi connectivity index (χ1v) is 5.92. The van der Waals surface area contributed by atoms with E-state index in [1.165, 1.54) is 6.42 Å². The van der Waals surface area contributed by atoms with Crippen molar-refractivity contribution in [1.82, 2.24) is 4.90 Å². The van der Waals surface area contributed by atoms with E-state index in [0.717, 1.165) is 12.8 Å². The van der Waals surface area contributed by atoms with Gasteiger partial charge in [0.25, 0.3) is 0 Å². The molecule has 1 saturated heterocycles. The zero-order valence-corrected chi connectivity index (χ0v) is 9.53. The lowest BCUT2D eigenvalue weighted by Gasteiger charge is -2.27. The summed E-state index contributed by atoms with van der Waals surface area (Å²) in [6, 6.07) is 0.233. The number of rotatable bonds is 3. The van der Waals surface area contributed by atoms with Gasteiger partial charge in [-0.15, -0.1) is 0 Å². The molecule has 0 bridgehead atoms. The van der Waals surface area contributed by atoms with Crippen LogP contribution in [0.5, 0.6) is 0 Å². The number of ketones is 1. The molecule has 3 nitrogen and oxygen atoms in total. The van der Waals surface area contributed by atoms with Crippen LogP contribution >= 0.6 is 0 Å². The first kappa shape index (κ1) is 10.7. The highest BCUT2D eigenvalue weighted by Gasteiger charge is 2.39. The lowest BCUT2D eigenvalue weighted by molar-refractivity contribution is -0.131. The number of hydrogen-bond acceptors (Lipinski definition) is 2. The zero-order chi connectivity index (χ0) is 11.0. The molecule has 2 rings (SSSR count). The summed E-state index contributed by atoms with van der Waals surface area (Å²) in [7, 11) is 0. The van der Waals surface area contributed by atoms with Crippen molar-refractivity contribution in [3.63, 3.8) is 0 Å². The molecule has 84 valence electrons. The molecule has 1 atom stereocenters. The van der Waals surface area contributed by atoms with Gasteiger partial charge in [0.05, 0.1) is 0 Å². The van der Waals surface area contributed by atoms with Crippen LogP contribution in [-0.2, 0) is 9.59 Å². The van der Waals surface area contributed by atoms with Crippen LogP contribution < -0.4 is 0 Å². The second-order valence-electron chi connectivity index (χ2n) is 5.07. The minimum Gasteiger partial charge on any atom is -0.340 e. The second-order valence-corrected chi connectivity index (χ2v) is 5.07. The SMILES string of the molecule is CC(C)N1C[C@H](C(=O)C2CCC2)CC1=O. The number of likely N-dealkylation sites (tertiary alicyclic amines) is 1. The van der Waals surface area contributed by atoms with Crippen molar-refractivity contribution in [2.45, 2.75) is 45.6 Å². The van der Waals surface area contributed by atoms with E-state index in [0.29, 0.717) is 18.7 Å². The van der Waals surface area contributed by atoms with Gasteiger partial charge in [-0.3, -0.25) is 9.59 Å². The molecule has 1 saturated carbocycles. The Balaban J connectivity index is 1.95. The number of nitrogens with zero attached hydrogens (tertiary/aromatic N) is 1. The predicted molar refractivity (Wildman–Crippen MR) is 57.3 cm³/mol. The third kappa shape index (κ3) is 1.92. The van der Waals surface area contributed by atoms with E-state index in [-0.39, 0.29) is 23.8 Å². The van der Waals surface area contributed by atoms with Gasteiger partial charge in [0.1, 0.15) is 5.78 Å². The van der Waals surface area contributed by atoms with Crippen molar-refractivity contribution in [3.8, 4) is 0 Å². The van der Waals surface area contributed by atoms with Crippen LogP contribution in [0.25, 0.3) is 0 Å². The van der Waals surface area contributed by atoms with Crippen LogP contribution in [0.3, 0.4) is 0 Å². The molecule has 0 N–H and O–H groups in total. The monoisotopic (exact) mass is 209 g/mol. The standard InChI is InChI=1S/C12H19NO2/c1-8(2)13-7-10(6-11(13)14)12(15)9-4-3-5-9/h8-10H,3-7H2,1-2H3/t10-/m1/s1. The summed E-state index contributed by atoms with van der Waals surface area (Å²) in [5.74, 6) is 0.764. The lowest BCUT2D eigenvalue weighted by atomic mass is 9.77. The smallest absolute Gasteiger partial charge is 0.223 e. The van der Waals surface area contributed by atoms with E-state index in [2.05, 4.69) is 0 Å². The van der Waals surface area contributed by atoms with Crippen LogP contribution in [0.4, 0.5) is 0 Å². The Bertz CT molecular complexity index is 281. The van der Waals surface area contributed by atoms with Crippen LogP contribution in [0.15, 0.2) is 0 Å². The fourth-order valence-electron chi connectivity index (χ4n) is 2.45. The molecule has 1 aliphatic heterocycles. The zero-order valence-electron chi connectivity index (χ0n) is 9.53. The Kier molecular flexibility index (Phi) is 2.81. The average Bonchev–Trinajstić information content (AvgIpc) is 2.44. The Morgan fingerprint density at radius 1 is 1.33 bits per heavy atom. The Hall–Kier alpha value is -0.860. The molecule has 0 unspecified atom stereocenters. The quantitative estimate of drug-likeness (QED) is 0.708. The molecule has 0 aromatic heterocycles. The lowest BCUT2D eigenvalue weighted by Crippen LogP contribution is -2.34. The van der Waals surface area contributed by atoms with Gasteiger partial charge < -0.3 is 4.90 Å². The maximum Gasteiger partial charge on any atom is 0.223 e. The molecule has 0 aromatic carbocycles. The average molecular weight is 209 g/mol. The molecular weight excluding hydrogens is 190 g/mol. The van der Waals surface area contributed by atoms with E-state index in [9.17, 15) is 9.59 Å². The van der Waals surface area contributed by atoms with E-state index in [1.807, 2.05) is 18.7 Å². The molecule has 0 spiro atoms. The van der Waals surface area contributed by atoms with Gasteiger partial charge in [-0.05, 0) is 26.7 Å². The van der Waals surface area contributed by atoms with Crippen molar-refractivity contribution < 1.29 is 9.59 Å². The fraction of sp³-hybridized carbons (Fsp3) is 0.833. The fourth-order valence-corrected chi connectivity index (χ4v) is 2.45. The van der Waals surface area contributed by atoms with Crippen molar-refractivity contribution in [2.24, 2.45) is 11.8 Å². The highest BCUT2D eigenvalue weighted by molar-refractivity contribution is 5.92. The molecular formula is C12H19NO2. The number of Topliss-reactive ketones (excluding diaryl/α,β-unsaturated/α-hetero) is 1. The van der Waals surface area contributed by atoms with Crippen molar-refractivity contribution in [2.75, 3.05) is 6.54 Å². The summed E-state index contributed by atoms with van der Waals surface area (Å²) in [5, 5.41) is 0. The predicted octanol–water partition coefficient (Wildman–Crippen LogP) is 1.61. The van der Waals surface area contributed by atoms with E-state index in [4.69, 9.17) is 0 Å². The van der Waals surface area contributed by atoms with Gasteiger partial charge in [0, 0.05) is 30.8 Å². The van der Waals surface area contributed by atoms with E-state index < -0.39 is 0 Å². The first-order chi connectivity index (χ1) is 7.09. The molecule has 1 amide bonds. The molecule has 1 aliphatic carbocycles. The van der Waals surface area contributed by atoms with Gasteiger partial charge in [-0.2, -0.15) is 0 Å². The van der Waals surface area contributed by atoms with Gasteiger partial charge in [0.2, 0.25) is 5.91 Å². The second kappa shape index (κ2) is 3.95. The molecule has 15 heavy (non-hydrogen) atoms. The van der Waals surface area contributed by atoms with Crippen molar-refractivity contribution >= 4 is 11.7 Å². The Labute approximate surface area is 90.8 Å². The normalized spacial score (nSPS) is 27.3. The van der Waals surface area contributed by atoms with Gasteiger partial charge in [-0.1, -0.05) is 6.42 Å². The van der Waals surface area contributed by atoms with Crippen molar-refractivity contribution in [1.29, 1.82) is 0 Å². The summed E-state index contributed by atoms with van der Waals surface area (Å²) in [6.07, 6.45) is 3.73. The third-order valence-corrected chi connectivity index (χ3v) is 3.69. The first-order valence-electron chi connectivity index (χ1n) is 5.92. The largest absolute Gasteiger partial charge is 0.340 e. The van der Waals surface area contributed by atoms with Crippen LogP contribution in [-0.4, -0.2) is 29.2 Å². The highest BCUT2D eigenvalue weighted by atomic mass is 16.2. The van der Waals surface area contributed by atoms with Gasteiger partial charge >= 0.3 is 0 Å². The molecule has 2 fully saturated rings. The highest BCUT2D eigenvalue weighted by Crippen LogP contribution is 2.33. The molecule has 1 heterocycles. The van der Waals surface area contributed by atoms with Crippen LogP contribution in [0.2, 0.25) is 0 Å².